The lowest BCUT2D eigenvalue weighted by Gasteiger charge is -2.34. The van der Waals surface area contributed by atoms with E-state index in [1.165, 1.54) is 6.07 Å². The number of rotatable bonds is 5. The number of amides is 2. The third-order valence-corrected chi connectivity index (χ3v) is 6.13. The van der Waals surface area contributed by atoms with Gasteiger partial charge in [0.1, 0.15) is 11.6 Å². The Morgan fingerprint density at radius 2 is 1.78 bits per heavy atom. The fourth-order valence-electron chi connectivity index (χ4n) is 4.44. The van der Waals surface area contributed by atoms with Crippen molar-refractivity contribution in [3.63, 3.8) is 0 Å². The largest absolute Gasteiger partial charge is 0.496 e. The lowest BCUT2D eigenvalue weighted by atomic mass is 9.95. The lowest BCUT2D eigenvalue weighted by Crippen LogP contribution is -2.45. The molecule has 1 aliphatic heterocycles. The summed E-state index contributed by atoms with van der Waals surface area (Å²) in [5, 5.41) is 1.72. The number of piperidine rings is 1. The Balaban J connectivity index is 1.50. The predicted molar refractivity (Wildman–Crippen MR) is 122 cm³/mol. The molecule has 166 valence electrons. The van der Waals surface area contributed by atoms with E-state index in [2.05, 4.69) is 0 Å². The van der Waals surface area contributed by atoms with Crippen LogP contribution in [0.25, 0.3) is 10.8 Å². The molecule has 4 rings (SSSR count). The van der Waals surface area contributed by atoms with Crippen molar-refractivity contribution in [2.45, 2.75) is 19.4 Å². The van der Waals surface area contributed by atoms with Gasteiger partial charge in [0.15, 0.2) is 0 Å². The number of carbonyl (C=O) groups is 2. The van der Waals surface area contributed by atoms with Gasteiger partial charge in [-0.1, -0.05) is 42.5 Å². The molecule has 1 heterocycles. The fraction of sp³-hybridized carbons (Fsp3) is 0.308. The maximum absolute atomic E-state index is 14.0. The average molecular weight is 435 g/mol. The summed E-state index contributed by atoms with van der Waals surface area (Å²) < 4.78 is 19.4. The highest BCUT2D eigenvalue weighted by Gasteiger charge is 2.31. The number of methoxy groups -OCH3 is 1. The van der Waals surface area contributed by atoms with Gasteiger partial charge in [0, 0.05) is 43.2 Å². The van der Waals surface area contributed by atoms with Gasteiger partial charge in [-0.2, -0.15) is 0 Å². The van der Waals surface area contributed by atoms with Crippen LogP contribution in [0.4, 0.5) is 4.39 Å². The van der Waals surface area contributed by atoms with E-state index in [1.54, 1.807) is 48.2 Å². The number of carbonyl (C=O) groups excluding carboxylic acids is 2. The second-order valence-corrected chi connectivity index (χ2v) is 8.24. The maximum atomic E-state index is 14.0. The van der Waals surface area contributed by atoms with E-state index < -0.39 is 0 Å². The van der Waals surface area contributed by atoms with Crippen molar-refractivity contribution in [2.75, 3.05) is 27.2 Å². The molecular formula is C26H27FN2O3. The highest BCUT2D eigenvalue weighted by molar-refractivity contribution is 6.08. The van der Waals surface area contributed by atoms with Gasteiger partial charge in [-0.25, -0.2) is 4.39 Å². The second kappa shape index (κ2) is 9.39. The van der Waals surface area contributed by atoms with Gasteiger partial charge in [-0.3, -0.25) is 9.59 Å². The van der Waals surface area contributed by atoms with Crippen molar-refractivity contribution in [3.05, 3.63) is 77.6 Å². The SMILES string of the molecule is COc1ccc(C(=O)N2CCCC(C(=O)N(C)Cc3ccccc3F)C2)c2ccccc12. The number of halogens is 1. The van der Waals surface area contributed by atoms with Crippen molar-refractivity contribution in [1.82, 2.24) is 9.80 Å². The Kier molecular flexibility index (Phi) is 6.40. The summed E-state index contributed by atoms with van der Waals surface area (Å²) >= 11 is 0. The highest BCUT2D eigenvalue weighted by Crippen LogP contribution is 2.30. The van der Waals surface area contributed by atoms with E-state index in [9.17, 15) is 14.0 Å². The van der Waals surface area contributed by atoms with E-state index >= 15 is 0 Å². The Morgan fingerprint density at radius 1 is 1.06 bits per heavy atom. The lowest BCUT2D eigenvalue weighted by molar-refractivity contribution is -0.136. The van der Waals surface area contributed by atoms with Crippen LogP contribution in [-0.4, -0.2) is 48.9 Å². The van der Waals surface area contributed by atoms with Crippen molar-refractivity contribution < 1.29 is 18.7 Å². The molecule has 0 spiro atoms. The van der Waals surface area contributed by atoms with Crippen LogP contribution in [0, 0.1) is 11.7 Å². The summed E-state index contributed by atoms with van der Waals surface area (Å²) in [4.78, 5) is 29.8. The van der Waals surface area contributed by atoms with Gasteiger partial charge < -0.3 is 14.5 Å². The molecule has 0 aromatic heterocycles. The van der Waals surface area contributed by atoms with Crippen LogP contribution in [-0.2, 0) is 11.3 Å². The topological polar surface area (TPSA) is 49.9 Å². The quantitative estimate of drug-likeness (QED) is 0.594. The van der Waals surface area contributed by atoms with Gasteiger partial charge in [0.2, 0.25) is 5.91 Å². The highest BCUT2D eigenvalue weighted by atomic mass is 19.1. The number of benzene rings is 3. The molecule has 0 saturated carbocycles. The van der Waals surface area contributed by atoms with Crippen LogP contribution >= 0.6 is 0 Å². The Bertz CT molecular complexity index is 1150. The van der Waals surface area contributed by atoms with Crippen LogP contribution in [0.2, 0.25) is 0 Å². The predicted octanol–water partition coefficient (Wildman–Crippen LogP) is 4.50. The van der Waals surface area contributed by atoms with E-state index in [0.29, 0.717) is 30.6 Å². The fourth-order valence-corrected chi connectivity index (χ4v) is 4.44. The number of hydrogen-bond donors (Lipinski definition) is 0. The third-order valence-electron chi connectivity index (χ3n) is 6.13. The van der Waals surface area contributed by atoms with Gasteiger partial charge in [-0.05, 0) is 36.4 Å². The molecule has 1 unspecified atom stereocenters. The van der Waals surface area contributed by atoms with E-state index in [-0.39, 0.29) is 30.1 Å². The standard InChI is InChI=1S/C26H27FN2O3/c1-28(16-18-8-3-6-12-23(18)27)25(30)19-9-7-15-29(17-19)26(31)22-13-14-24(32-2)21-11-5-4-10-20(21)22/h3-6,8,10-14,19H,7,9,15-17H2,1-2H3. The molecule has 32 heavy (non-hydrogen) atoms. The van der Waals surface area contributed by atoms with E-state index in [4.69, 9.17) is 4.74 Å². The van der Waals surface area contributed by atoms with Gasteiger partial charge in [-0.15, -0.1) is 0 Å². The number of nitrogens with zero attached hydrogens (tertiary/aromatic N) is 2. The summed E-state index contributed by atoms with van der Waals surface area (Å²) in [6.45, 7) is 1.18. The van der Waals surface area contributed by atoms with Gasteiger partial charge >= 0.3 is 0 Å². The van der Waals surface area contributed by atoms with Crippen LogP contribution in [0.15, 0.2) is 60.7 Å². The zero-order valence-corrected chi connectivity index (χ0v) is 18.4. The van der Waals surface area contributed by atoms with Crippen molar-refractivity contribution in [1.29, 1.82) is 0 Å². The Hall–Kier alpha value is -3.41. The Morgan fingerprint density at radius 3 is 2.53 bits per heavy atom. The summed E-state index contributed by atoms with van der Waals surface area (Å²) in [7, 11) is 3.30. The number of likely N-dealkylation sites (tertiary alicyclic amines) is 1. The van der Waals surface area contributed by atoms with Gasteiger partial charge in [0.05, 0.1) is 13.0 Å². The third kappa shape index (κ3) is 4.31. The first-order chi connectivity index (χ1) is 15.5. The summed E-state index contributed by atoms with van der Waals surface area (Å²) in [5.74, 6) is -0.0463. The minimum absolute atomic E-state index is 0.0645. The molecule has 2 amide bonds. The monoisotopic (exact) mass is 434 g/mol. The molecule has 3 aromatic rings. The molecule has 5 nitrogen and oxygen atoms in total. The van der Waals surface area contributed by atoms with Crippen LogP contribution in [0.3, 0.4) is 0 Å². The second-order valence-electron chi connectivity index (χ2n) is 8.24. The molecule has 0 N–H and O–H groups in total. The first kappa shape index (κ1) is 21.8. The first-order valence-electron chi connectivity index (χ1n) is 10.8. The molecular weight excluding hydrogens is 407 g/mol. The molecule has 1 atom stereocenters. The zero-order chi connectivity index (χ0) is 22.7. The van der Waals surface area contributed by atoms with Crippen LogP contribution < -0.4 is 4.74 Å². The molecule has 6 heteroatoms. The minimum Gasteiger partial charge on any atom is -0.496 e. The Labute approximate surface area is 187 Å². The summed E-state index contributed by atoms with van der Waals surface area (Å²) in [6, 6.07) is 17.7. The number of ether oxygens (including phenoxy) is 1. The normalized spacial score (nSPS) is 16.1. The molecule has 1 fully saturated rings. The molecule has 1 aliphatic rings. The van der Waals surface area contributed by atoms with Crippen molar-refractivity contribution in [2.24, 2.45) is 5.92 Å². The molecule has 3 aromatic carbocycles. The van der Waals surface area contributed by atoms with Crippen molar-refractivity contribution >= 4 is 22.6 Å². The zero-order valence-electron chi connectivity index (χ0n) is 18.4. The molecule has 0 bridgehead atoms. The molecule has 0 radical (unpaired) electrons. The smallest absolute Gasteiger partial charge is 0.254 e. The summed E-state index contributed by atoms with van der Waals surface area (Å²) in [5.41, 5.74) is 1.09. The minimum atomic E-state index is -0.320. The van der Waals surface area contributed by atoms with Crippen LogP contribution in [0.1, 0.15) is 28.8 Å². The van der Waals surface area contributed by atoms with Crippen LogP contribution in [0.5, 0.6) is 5.75 Å². The molecule has 1 saturated heterocycles. The summed E-state index contributed by atoms with van der Waals surface area (Å²) in [6.07, 6.45) is 1.47. The molecule has 0 aliphatic carbocycles. The average Bonchev–Trinajstić information content (AvgIpc) is 2.84. The van der Waals surface area contributed by atoms with E-state index in [1.807, 2.05) is 30.3 Å². The number of hydrogen-bond acceptors (Lipinski definition) is 3. The maximum Gasteiger partial charge on any atom is 0.254 e. The van der Waals surface area contributed by atoms with E-state index in [0.717, 1.165) is 22.9 Å². The van der Waals surface area contributed by atoms with Gasteiger partial charge in [0.25, 0.3) is 5.91 Å². The van der Waals surface area contributed by atoms with Crippen molar-refractivity contribution in [3.8, 4) is 5.75 Å². The first-order valence-corrected chi connectivity index (χ1v) is 10.8. The number of fused-ring (bicyclic) bond motifs is 1.